The van der Waals surface area contributed by atoms with E-state index in [0.29, 0.717) is 18.7 Å². The minimum atomic E-state index is -3.71. The highest BCUT2D eigenvalue weighted by molar-refractivity contribution is 7.89. The van der Waals surface area contributed by atoms with Gasteiger partial charge in [-0.1, -0.05) is 0 Å². The first-order valence-electron chi connectivity index (χ1n) is 7.93. The molecule has 140 valence electrons. The zero-order valence-electron chi connectivity index (χ0n) is 14.1. The molecule has 1 N–H and O–H groups in total. The van der Waals surface area contributed by atoms with Gasteiger partial charge in [0.15, 0.2) is 0 Å². The minimum absolute atomic E-state index is 0.0122. The molecule has 1 aromatic carbocycles. The smallest absolute Gasteiger partial charge is 0.243 e. The lowest BCUT2D eigenvalue weighted by Gasteiger charge is -2.17. The van der Waals surface area contributed by atoms with E-state index < -0.39 is 20.0 Å². The van der Waals surface area contributed by atoms with Gasteiger partial charge in [-0.3, -0.25) is 4.98 Å². The van der Waals surface area contributed by atoms with E-state index in [9.17, 15) is 16.8 Å². The summed E-state index contributed by atoms with van der Waals surface area (Å²) in [4.78, 5) is 4.03. The Balaban J connectivity index is 1.73. The predicted octanol–water partition coefficient (Wildman–Crippen LogP) is 0.832. The van der Waals surface area contributed by atoms with Crippen LogP contribution in [-0.2, 0) is 20.0 Å². The molecule has 1 aliphatic heterocycles. The standard InChI is InChI=1S/C16H19N3O5S2/c1-17-25(20,21)15-4-6-16(7-5-15)26(22,23)19-10-8-14(12-19)24-13-3-2-9-18-11-13/h2-7,9,11,14,17H,8,10,12H2,1H3/t14-/m0/s1. The Morgan fingerprint density at radius 2 is 1.81 bits per heavy atom. The van der Waals surface area contributed by atoms with Crippen molar-refractivity contribution < 1.29 is 21.6 Å². The average Bonchev–Trinajstić information content (AvgIpc) is 3.12. The first-order chi connectivity index (χ1) is 12.3. The van der Waals surface area contributed by atoms with Crippen LogP contribution in [0.15, 0.2) is 58.6 Å². The molecule has 8 nitrogen and oxygen atoms in total. The van der Waals surface area contributed by atoms with Crippen LogP contribution in [0.25, 0.3) is 0 Å². The number of hydrogen-bond donors (Lipinski definition) is 1. The Kier molecular flexibility index (Phi) is 5.28. The second-order valence-corrected chi connectivity index (χ2v) is 9.58. The molecular weight excluding hydrogens is 378 g/mol. The van der Waals surface area contributed by atoms with Gasteiger partial charge in [-0.15, -0.1) is 0 Å². The van der Waals surface area contributed by atoms with Gasteiger partial charge in [0.05, 0.1) is 22.5 Å². The van der Waals surface area contributed by atoms with Crippen molar-refractivity contribution in [3.63, 3.8) is 0 Å². The monoisotopic (exact) mass is 397 g/mol. The Labute approximate surface area is 152 Å². The maximum absolute atomic E-state index is 12.8. The highest BCUT2D eigenvalue weighted by Crippen LogP contribution is 2.24. The fourth-order valence-corrected chi connectivity index (χ4v) is 4.90. The molecule has 2 heterocycles. The molecule has 1 aliphatic rings. The van der Waals surface area contributed by atoms with Crippen molar-refractivity contribution in [3.8, 4) is 5.75 Å². The van der Waals surface area contributed by atoms with Crippen LogP contribution in [0.1, 0.15) is 6.42 Å². The third-order valence-electron chi connectivity index (χ3n) is 4.09. The molecule has 0 aliphatic carbocycles. The van der Waals surface area contributed by atoms with Gasteiger partial charge < -0.3 is 4.74 Å². The van der Waals surface area contributed by atoms with Gasteiger partial charge in [0.1, 0.15) is 11.9 Å². The summed E-state index contributed by atoms with van der Waals surface area (Å²) in [7, 11) is -6.02. The van der Waals surface area contributed by atoms with Crippen LogP contribution in [0.5, 0.6) is 5.75 Å². The van der Waals surface area contributed by atoms with Gasteiger partial charge in [-0.05, 0) is 49.9 Å². The normalized spacial score (nSPS) is 18.7. The van der Waals surface area contributed by atoms with E-state index in [0.717, 1.165) is 0 Å². The minimum Gasteiger partial charge on any atom is -0.487 e. The van der Waals surface area contributed by atoms with Crippen LogP contribution < -0.4 is 9.46 Å². The number of hydrogen-bond acceptors (Lipinski definition) is 6. The second-order valence-electron chi connectivity index (χ2n) is 5.76. The SMILES string of the molecule is CNS(=O)(=O)c1ccc(S(=O)(=O)N2CC[C@H](Oc3cccnc3)C2)cc1. The third kappa shape index (κ3) is 3.88. The van der Waals surface area contributed by atoms with E-state index in [-0.39, 0.29) is 22.4 Å². The van der Waals surface area contributed by atoms with Crippen LogP contribution in [0.2, 0.25) is 0 Å². The fraction of sp³-hybridized carbons (Fsp3) is 0.312. The van der Waals surface area contributed by atoms with Gasteiger partial charge >= 0.3 is 0 Å². The third-order valence-corrected chi connectivity index (χ3v) is 7.40. The van der Waals surface area contributed by atoms with Gasteiger partial charge in [-0.25, -0.2) is 21.6 Å². The summed E-state index contributed by atoms with van der Waals surface area (Å²) in [5.41, 5.74) is 0. The van der Waals surface area contributed by atoms with Crippen molar-refractivity contribution >= 4 is 20.0 Å². The van der Waals surface area contributed by atoms with E-state index in [1.165, 1.54) is 35.6 Å². The van der Waals surface area contributed by atoms with Crippen molar-refractivity contribution in [2.75, 3.05) is 20.1 Å². The zero-order chi connectivity index (χ0) is 18.8. The first kappa shape index (κ1) is 18.8. The van der Waals surface area contributed by atoms with E-state index >= 15 is 0 Å². The van der Waals surface area contributed by atoms with E-state index in [2.05, 4.69) is 9.71 Å². The largest absolute Gasteiger partial charge is 0.487 e. The summed E-state index contributed by atoms with van der Waals surface area (Å²) in [6, 6.07) is 8.67. The lowest BCUT2D eigenvalue weighted by atomic mass is 10.3. The molecule has 0 amide bonds. The molecule has 1 fully saturated rings. The zero-order valence-corrected chi connectivity index (χ0v) is 15.7. The number of sulfonamides is 2. The lowest BCUT2D eigenvalue weighted by Crippen LogP contribution is -2.31. The molecule has 3 rings (SSSR count). The molecule has 0 saturated carbocycles. The molecule has 1 atom stereocenters. The summed E-state index contributed by atoms with van der Waals surface area (Å²) >= 11 is 0. The lowest BCUT2D eigenvalue weighted by molar-refractivity contribution is 0.214. The Morgan fingerprint density at radius 1 is 1.12 bits per heavy atom. The van der Waals surface area contributed by atoms with Crippen molar-refractivity contribution in [1.82, 2.24) is 14.0 Å². The molecule has 0 spiro atoms. The number of rotatable bonds is 6. The van der Waals surface area contributed by atoms with Gasteiger partial charge in [-0.2, -0.15) is 4.31 Å². The van der Waals surface area contributed by atoms with Gasteiger partial charge in [0.25, 0.3) is 0 Å². The summed E-state index contributed by atoms with van der Waals surface area (Å²) in [5, 5.41) is 0. The van der Waals surface area contributed by atoms with Crippen LogP contribution in [-0.4, -0.2) is 52.4 Å². The van der Waals surface area contributed by atoms with Crippen LogP contribution in [0.3, 0.4) is 0 Å². The molecular formula is C16H19N3O5S2. The molecule has 0 unspecified atom stereocenters. The maximum Gasteiger partial charge on any atom is 0.243 e. The van der Waals surface area contributed by atoms with Crippen molar-refractivity contribution in [1.29, 1.82) is 0 Å². The van der Waals surface area contributed by atoms with E-state index in [1.54, 1.807) is 24.5 Å². The number of ether oxygens (including phenoxy) is 1. The molecule has 0 bridgehead atoms. The molecule has 10 heteroatoms. The van der Waals surface area contributed by atoms with Crippen molar-refractivity contribution in [3.05, 3.63) is 48.8 Å². The van der Waals surface area contributed by atoms with Crippen LogP contribution in [0, 0.1) is 0 Å². The summed E-state index contributed by atoms with van der Waals surface area (Å²) in [6.07, 6.45) is 3.53. The van der Waals surface area contributed by atoms with Crippen molar-refractivity contribution in [2.24, 2.45) is 0 Å². The topological polar surface area (TPSA) is 106 Å². The molecule has 1 aromatic heterocycles. The van der Waals surface area contributed by atoms with Gasteiger partial charge in [0.2, 0.25) is 20.0 Å². The fourth-order valence-electron chi connectivity index (χ4n) is 2.68. The summed E-state index contributed by atoms with van der Waals surface area (Å²) < 4.78 is 58.3. The summed E-state index contributed by atoms with van der Waals surface area (Å²) in [5.74, 6) is 0.596. The average molecular weight is 397 g/mol. The predicted molar refractivity (Wildman–Crippen MR) is 94.7 cm³/mol. The molecule has 1 saturated heterocycles. The maximum atomic E-state index is 12.8. The molecule has 2 aromatic rings. The Bertz CT molecular complexity index is 961. The number of nitrogens with one attached hydrogen (secondary N) is 1. The van der Waals surface area contributed by atoms with Crippen molar-refractivity contribution in [2.45, 2.75) is 22.3 Å². The highest BCUT2D eigenvalue weighted by Gasteiger charge is 2.33. The second kappa shape index (κ2) is 7.31. The van der Waals surface area contributed by atoms with Crippen LogP contribution >= 0.6 is 0 Å². The first-order valence-corrected chi connectivity index (χ1v) is 10.9. The Hall–Kier alpha value is -2.01. The molecule has 0 radical (unpaired) electrons. The highest BCUT2D eigenvalue weighted by atomic mass is 32.2. The quantitative estimate of drug-likeness (QED) is 0.774. The van der Waals surface area contributed by atoms with E-state index in [4.69, 9.17) is 4.74 Å². The number of pyridine rings is 1. The van der Waals surface area contributed by atoms with Crippen LogP contribution in [0.4, 0.5) is 0 Å². The number of nitrogens with zero attached hydrogens (tertiary/aromatic N) is 2. The Morgan fingerprint density at radius 3 is 2.42 bits per heavy atom. The van der Waals surface area contributed by atoms with Gasteiger partial charge in [0, 0.05) is 12.7 Å². The number of benzene rings is 1. The number of aromatic nitrogens is 1. The molecule has 26 heavy (non-hydrogen) atoms. The summed E-state index contributed by atoms with van der Waals surface area (Å²) in [6.45, 7) is 0.567. The van der Waals surface area contributed by atoms with E-state index in [1.807, 2.05) is 0 Å².